The normalized spacial score (nSPS) is 23.1. The third-order valence-electron chi connectivity index (χ3n) is 3.26. The summed E-state index contributed by atoms with van der Waals surface area (Å²) in [6.07, 6.45) is 3.84. The monoisotopic (exact) mass is 251 g/mol. The smallest absolute Gasteiger partial charge is 0.308 e. The van der Waals surface area contributed by atoms with E-state index in [-0.39, 0.29) is 12.0 Å². The van der Waals surface area contributed by atoms with Crippen LogP contribution in [0.2, 0.25) is 0 Å². The van der Waals surface area contributed by atoms with Gasteiger partial charge in [0.1, 0.15) is 0 Å². The lowest BCUT2D eigenvalue weighted by Gasteiger charge is -2.24. The fourth-order valence-electron chi connectivity index (χ4n) is 2.29. The first kappa shape index (κ1) is 12.6. The zero-order valence-electron chi connectivity index (χ0n) is 10.5. The number of carbonyl (C=O) groups is 1. The van der Waals surface area contributed by atoms with E-state index in [1.54, 1.807) is 12.4 Å². The molecule has 0 bridgehead atoms. The maximum atomic E-state index is 11.1. The molecule has 0 saturated carbocycles. The summed E-state index contributed by atoms with van der Waals surface area (Å²) in [7, 11) is 0. The van der Waals surface area contributed by atoms with Gasteiger partial charge in [0.05, 0.1) is 24.9 Å². The van der Waals surface area contributed by atoms with Crippen molar-refractivity contribution in [1.82, 2.24) is 9.97 Å². The highest BCUT2D eigenvalue weighted by Crippen LogP contribution is 2.29. The molecule has 2 atom stereocenters. The van der Waals surface area contributed by atoms with Crippen LogP contribution < -0.4 is 9.64 Å². The van der Waals surface area contributed by atoms with Gasteiger partial charge >= 0.3 is 5.97 Å². The number of rotatable bonds is 4. The predicted molar refractivity (Wildman–Crippen MR) is 65.8 cm³/mol. The number of hydrogen-bond acceptors (Lipinski definition) is 5. The zero-order valence-corrected chi connectivity index (χ0v) is 10.5. The van der Waals surface area contributed by atoms with E-state index in [2.05, 4.69) is 9.97 Å². The van der Waals surface area contributed by atoms with E-state index in [9.17, 15) is 4.79 Å². The Labute approximate surface area is 106 Å². The fourth-order valence-corrected chi connectivity index (χ4v) is 2.29. The molecule has 0 aromatic carbocycles. The Bertz CT molecular complexity index is 438. The third-order valence-corrected chi connectivity index (χ3v) is 3.26. The van der Waals surface area contributed by atoms with Gasteiger partial charge in [0.2, 0.25) is 5.88 Å². The van der Waals surface area contributed by atoms with Gasteiger partial charge < -0.3 is 14.7 Å². The summed E-state index contributed by atoms with van der Waals surface area (Å²) in [5.74, 6) is 0.0552. The molecule has 0 radical (unpaired) electrons. The molecule has 1 saturated heterocycles. The van der Waals surface area contributed by atoms with Crippen molar-refractivity contribution in [3.63, 3.8) is 0 Å². The number of hydrogen-bond donors (Lipinski definition) is 1. The minimum absolute atomic E-state index is 0.0753. The number of anilines is 1. The Morgan fingerprint density at radius 3 is 3.00 bits per heavy atom. The molecule has 6 heteroatoms. The van der Waals surface area contributed by atoms with Gasteiger partial charge in [0.15, 0.2) is 5.82 Å². The molecule has 2 rings (SSSR count). The van der Waals surface area contributed by atoms with Crippen molar-refractivity contribution in [2.75, 3.05) is 18.1 Å². The summed E-state index contributed by atoms with van der Waals surface area (Å²) in [5.41, 5.74) is 0. The lowest BCUT2D eigenvalue weighted by atomic mass is 10.0. The molecular formula is C12H17N3O3. The molecule has 1 aromatic rings. The molecule has 1 N–H and O–H groups in total. The van der Waals surface area contributed by atoms with Crippen molar-refractivity contribution in [1.29, 1.82) is 0 Å². The summed E-state index contributed by atoms with van der Waals surface area (Å²) in [4.78, 5) is 21.5. The van der Waals surface area contributed by atoms with Crippen molar-refractivity contribution in [2.24, 2.45) is 5.92 Å². The topological polar surface area (TPSA) is 75.5 Å². The standard InChI is InChI=1S/C12H17N3O3/c1-3-18-11-7-13-6-10(14-11)15-5-4-9(8(15)2)12(16)17/h6-9H,3-5H2,1-2H3,(H,16,17). The third kappa shape index (κ3) is 2.37. The number of aromatic nitrogens is 2. The minimum Gasteiger partial charge on any atom is -0.481 e. The maximum Gasteiger partial charge on any atom is 0.308 e. The molecule has 98 valence electrons. The van der Waals surface area contributed by atoms with Gasteiger partial charge in [-0.3, -0.25) is 9.78 Å². The van der Waals surface area contributed by atoms with Gasteiger partial charge in [-0.05, 0) is 20.3 Å². The van der Waals surface area contributed by atoms with Crippen molar-refractivity contribution in [2.45, 2.75) is 26.3 Å². The molecule has 1 aliphatic heterocycles. The summed E-state index contributed by atoms with van der Waals surface area (Å²) in [6, 6.07) is -0.0753. The van der Waals surface area contributed by atoms with E-state index < -0.39 is 5.97 Å². The molecule has 0 amide bonds. The van der Waals surface area contributed by atoms with Crippen LogP contribution >= 0.6 is 0 Å². The summed E-state index contributed by atoms with van der Waals surface area (Å²) in [5, 5.41) is 9.10. The van der Waals surface area contributed by atoms with E-state index in [0.717, 1.165) is 0 Å². The highest BCUT2D eigenvalue weighted by molar-refractivity contribution is 5.72. The highest BCUT2D eigenvalue weighted by Gasteiger charge is 2.36. The number of ether oxygens (including phenoxy) is 1. The summed E-state index contributed by atoms with van der Waals surface area (Å²) < 4.78 is 5.30. The predicted octanol–water partition coefficient (Wildman–Crippen LogP) is 1.17. The Morgan fingerprint density at radius 2 is 2.39 bits per heavy atom. The molecule has 1 aromatic heterocycles. The summed E-state index contributed by atoms with van der Waals surface area (Å²) >= 11 is 0. The van der Waals surface area contributed by atoms with Crippen molar-refractivity contribution in [3.05, 3.63) is 12.4 Å². The molecule has 1 aliphatic rings. The Morgan fingerprint density at radius 1 is 1.61 bits per heavy atom. The van der Waals surface area contributed by atoms with E-state index in [1.807, 2.05) is 18.7 Å². The average molecular weight is 251 g/mol. The minimum atomic E-state index is -0.751. The van der Waals surface area contributed by atoms with Crippen LogP contribution in [0.15, 0.2) is 12.4 Å². The molecular weight excluding hydrogens is 234 g/mol. The zero-order chi connectivity index (χ0) is 13.1. The van der Waals surface area contributed by atoms with Crippen molar-refractivity contribution >= 4 is 11.8 Å². The summed E-state index contributed by atoms with van der Waals surface area (Å²) in [6.45, 7) is 5.00. The first-order valence-electron chi connectivity index (χ1n) is 6.07. The molecule has 6 nitrogen and oxygen atoms in total. The Hall–Kier alpha value is -1.85. The van der Waals surface area contributed by atoms with Gasteiger partial charge in [-0.25, -0.2) is 0 Å². The van der Waals surface area contributed by atoms with Gasteiger partial charge in [-0.1, -0.05) is 0 Å². The van der Waals surface area contributed by atoms with Crippen LogP contribution in [-0.4, -0.2) is 40.2 Å². The van der Waals surface area contributed by atoms with Crippen LogP contribution in [0.1, 0.15) is 20.3 Å². The van der Waals surface area contributed by atoms with Crippen LogP contribution in [0.4, 0.5) is 5.82 Å². The molecule has 2 heterocycles. The van der Waals surface area contributed by atoms with Gasteiger partial charge in [-0.2, -0.15) is 4.98 Å². The lowest BCUT2D eigenvalue weighted by Crippen LogP contribution is -2.33. The molecule has 1 fully saturated rings. The highest BCUT2D eigenvalue weighted by atomic mass is 16.5. The number of nitrogens with zero attached hydrogens (tertiary/aromatic N) is 3. The SMILES string of the molecule is CCOc1cncc(N2CCC(C(=O)O)C2C)n1. The number of carboxylic acids is 1. The van der Waals surface area contributed by atoms with E-state index in [0.29, 0.717) is 31.3 Å². The Kier molecular flexibility index (Phi) is 3.64. The van der Waals surface area contributed by atoms with Crippen LogP contribution in [0.25, 0.3) is 0 Å². The molecule has 0 aliphatic carbocycles. The second-order valence-corrected chi connectivity index (χ2v) is 4.32. The maximum absolute atomic E-state index is 11.1. The molecule has 18 heavy (non-hydrogen) atoms. The van der Waals surface area contributed by atoms with E-state index >= 15 is 0 Å². The van der Waals surface area contributed by atoms with E-state index in [1.165, 1.54) is 0 Å². The van der Waals surface area contributed by atoms with Crippen molar-refractivity contribution in [3.8, 4) is 5.88 Å². The van der Waals surface area contributed by atoms with Gasteiger partial charge in [0.25, 0.3) is 0 Å². The second kappa shape index (κ2) is 5.20. The number of aliphatic carboxylic acids is 1. The van der Waals surface area contributed by atoms with Gasteiger partial charge in [0, 0.05) is 12.6 Å². The van der Waals surface area contributed by atoms with Crippen LogP contribution in [0, 0.1) is 5.92 Å². The van der Waals surface area contributed by atoms with Crippen LogP contribution in [-0.2, 0) is 4.79 Å². The Balaban J connectivity index is 2.17. The van der Waals surface area contributed by atoms with Crippen LogP contribution in [0.5, 0.6) is 5.88 Å². The second-order valence-electron chi connectivity index (χ2n) is 4.32. The molecule has 0 spiro atoms. The van der Waals surface area contributed by atoms with Crippen LogP contribution in [0.3, 0.4) is 0 Å². The first-order chi connectivity index (χ1) is 8.63. The lowest BCUT2D eigenvalue weighted by molar-refractivity contribution is -0.141. The molecule has 2 unspecified atom stereocenters. The quantitative estimate of drug-likeness (QED) is 0.865. The van der Waals surface area contributed by atoms with Gasteiger partial charge in [-0.15, -0.1) is 0 Å². The fraction of sp³-hybridized carbons (Fsp3) is 0.583. The van der Waals surface area contributed by atoms with E-state index in [4.69, 9.17) is 9.84 Å². The first-order valence-corrected chi connectivity index (χ1v) is 6.07. The van der Waals surface area contributed by atoms with Crippen molar-refractivity contribution < 1.29 is 14.6 Å². The number of carboxylic acid groups (broad SMARTS) is 1. The largest absolute Gasteiger partial charge is 0.481 e. The average Bonchev–Trinajstić information content (AvgIpc) is 2.72.